The fourth-order valence-electron chi connectivity index (χ4n) is 10.5. The molecular formula is C58H73N5O9. The van der Waals surface area contributed by atoms with Crippen LogP contribution in [-0.4, -0.2) is 104 Å². The first kappa shape index (κ1) is 52.4. The summed E-state index contributed by atoms with van der Waals surface area (Å²) in [4.78, 5) is 48.2. The number of carbonyl (C=O) groups is 2. The number of amides is 2. The maximum absolute atomic E-state index is 13.8. The lowest BCUT2D eigenvalue weighted by atomic mass is 9.85. The topological polar surface area (TPSA) is 187 Å². The zero-order valence-corrected chi connectivity index (χ0v) is 43.1. The predicted octanol–water partition coefficient (Wildman–Crippen LogP) is 7.25. The summed E-state index contributed by atoms with van der Waals surface area (Å²) < 4.78 is 18.1. The van der Waals surface area contributed by atoms with Gasteiger partial charge in [-0.3, -0.25) is 24.4 Å². The third-order valence-electron chi connectivity index (χ3n) is 14.3. The summed E-state index contributed by atoms with van der Waals surface area (Å²) in [5.74, 6) is 0.316. The van der Waals surface area contributed by atoms with Crippen LogP contribution in [0.1, 0.15) is 119 Å². The molecule has 5 N–H and O–H groups in total. The molecule has 0 unspecified atom stereocenters. The Hall–Kier alpha value is -5.90. The van der Waals surface area contributed by atoms with Crippen molar-refractivity contribution in [2.45, 2.75) is 142 Å². The number of benzene rings is 3. The highest BCUT2D eigenvalue weighted by molar-refractivity contribution is 5.97. The van der Waals surface area contributed by atoms with Crippen LogP contribution in [0.25, 0.3) is 17.0 Å². The van der Waals surface area contributed by atoms with Gasteiger partial charge >= 0.3 is 5.63 Å². The molecule has 8 atom stereocenters. The van der Waals surface area contributed by atoms with E-state index in [4.69, 9.17) is 13.9 Å². The molecule has 72 heavy (non-hydrogen) atoms. The number of β-amino-alcohol motifs (C(OH)–C–C–N with tert-alkyl or cyclic N) is 1. The van der Waals surface area contributed by atoms with Gasteiger partial charge in [-0.15, -0.1) is 0 Å². The van der Waals surface area contributed by atoms with Crippen LogP contribution in [0.5, 0.6) is 11.5 Å². The number of aryl methyl sites for hydroxylation is 1. The molecule has 0 bridgehead atoms. The number of aromatic nitrogens is 1. The number of carbonyl (C=O) groups excluding carboxylic acids is 2. The average Bonchev–Trinajstić information content (AvgIpc) is 3.64. The number of hydrogen-bond donors (Lipinski definition) is 5. The Morgan fingerprint density at radius 2 is 1.71 bits per heavy atom. The maximum Gasteiger partial charge on any atom is 0.336 e. The van der Waals surface area contributed by atoms with Gasteiger partial charge in [0.05, 0.1) is 40.9 Å². The van der Waals surface area contributed by atoms with Crippen LogP contribution in [-0.2, 0) is 35.4 Å². The summed E-state index contributed by atoms with van der Waals surface area (Å²) in [7, 11) is 0. The van der Waals surface area contributed by atoms with Crippen molar-refractivity contribution in [2.24, 2.45) is 11.8 Å². The third-order valence-corrected chi connectivity index (χ3v) is 14.3. The lowest BCUT2D eigenvalue weighted by molar-refractivity contribution is -0.132. The number of pyridine rings is 1. The summed E-state index contributed by atoms with van der Waals surface area (Å²) in [6.45, 7) is 18.7. The van der Waals surface area contributed by atoms with Gasteiger partial charge in [-0.05, 0) is 107 Å². The molecule has 2 aromatic heterocycles. The quantitative estimate of drug-likeness (QED) is 0.0746. The number of nitrogens with zero attached hydrogens (tertiary/aromatic N) is 3. The Labute approximate surface area is 423 Å². The highest BCUT2D eigenvalue weighted by Crippen LogP contribution is 2.52. The van der Waals surface area contributed by atoms with Crippen molar-refractivity contribution in [1.82, 2.24) is 25.4 Å². The molecule has 14 heteroatoms. The van der Waals surface area contributed by atoms with Gasteiger partial charge in [0.25, 0.3) is 0 Å². The number of nitrogens with one attached hydrogen (secondary N) is 2. The molecule has 3 aromatic carbocycles. The maximum atomic E-state index is 13.8. The number of hydrogen-bond acceptors (Lipinski definition) is 12. The van der Waals surface area contributed by atoms with E-state index in [0.29, 0.717) is 55.1 Å². The van der Waals surface area contributed by atoms with E-state index in [1.807, 2.05) is 134 Å². The van der Waals surface area contributed by atoms with Crippen LogP contribution in [0.15, 0.2) is 100 Å². The zero-order valence-electron chi connectivity index (χ0n) is 43.1. The minimum Gasteiger partial charge on any atom is -0.489 e. The lowest BCUT2D eigenvalue weighted by Crippen LogP contribution is -2.61. The van der Waals surface area contributed by atoms with Gasteiger partial charge in [0.15, 0.2) is 5.58 Å². The number of ether oxygens (including phenoxy) is 2. The van der Waals surface area contributed by atoms with Crippen molar-refractivity contribution in [1.29, 1.82) is 0 Å². The molecule has 9 rings (SSSR count). The predicted molar refractivity (Wildman–Crippen MR) is 279 cm³/mol. The second-order valence-electron chi connectivity index (χ2n) is 21.8. The van der Waals surface area contributed by atoms with Gasteiger partial charge < -0.3 is 39.8 Å². The summed E-state index contributed by atoms with van der Waals surface area (Å²) in [5, 5.41) is 40.3. The van der Waals surface area contributed by atoms with E-state index >= 15 is 0 Å². The Bertz CT molecular complexity index is 2790. The molecule has 1 aliphatic carbocycles. The van der Waals surface area contributed by atoms with Crippen molar-refractivity contribution in [3.05, 3.63) is 141 Å². The third kappa shape index (κ3) is 12.1. The molecule has 2 amide bonds. The summed E-state index contributed by atoms with van der Waals surface area (Å²) >= 11 is 0. The Morgan fingerprint density at radius 1 is 0.972 bits per heavy atom. The molecule has 1 saturated heterocycles. The number of piperazine rings is 1. The van der Waals surface area contributed by atoms with Crippen molar-refractivity contribution in [3.63, 3.8) is 0 Å². The second-order valence-corrected chi connectivity index (χ2v) is 21.8. The second kappa shape index (κ2) is 22.1. The molecule has 5 aromatic rings. The van der Waals surface area contributed by atoms with Crippen LogP contribution in [0.4, 0.5) is 0 Å². The van der Waals surface area contributed by atoms with E-state index in [0.717, 1.165) is 58.2 Å². The van der Waals surface area contributed by atoms with Gasteiger partial charge in [-0.25, -0.2) is 4.79 Å². The van der Waals surface area contributed by atoms with E-state index in [1.54, 1.807) is 6.20 Å². The summed E-state index contributed by atoms with van der Waals surface area (Å²) in [6.07, 6.45) is 7.91. The summed E-state index contributed by atoms with van der Waals surface area (Å²) in [5.41, 5.74) is 5.40. The Kier molecular flexibility index (Phi) is 16.1. The molecule has 0 radical (unpaired) electrons. The van der Waals surface area contributed by atoms with Crippen molar-refractivity contribution < 1.29 is 38.8 Å². The van der Waals surface area contributed by atoms with Gasteiger partial charge in [-0.1, -0.05) is 80.9 Å². The molecule has 5 heterocycles. The molecule has 1 fully saturated rings. The first-order valence-corrected chi connectivity index (χ1v) is 25.6. The minimum absolute atomic E-state index is 0.0712. The van der Waals surface area contributed by atoms with E-state index in [-0.39, 0.29) is 36.8 Å². The standard InChI is InChI=1S/C36H47N5O4.C22H26O5/c1-36(2,3)39-35(45)31-24-40(22-26-12-9-15-37-21-26)16-17-41(31)23-29(42)19-28(18-25-10-5-4-6-11-25)34(44)38-33-30-14-8-7-13-27(30)20-32(33)43;1-6-7-13-10-15(23)26-21-16(13)20-14(8-9-22(4,5)27-20)19-17(21)18(24)11(2)12(3)25-19/h4-15,21,28-29,31-33,42-43H,16-20,22-24H2,1-3H3,(H,38,44)(H,39,45);8-12,18,24H,6-7H2,1-5H3/t28-,29+,31+,32-,33+;11-,12-,18+/m11/s1. The van der Waals surface area contributed by atoms with Crippen LogP contribution in [0, 0.1) is 11.8 Å². The average molecular weight is 984 g/mol. The van der Waals surface area contributed by atoms with E-state index < -0.39 is 53.1 Å². The minimum atomic E-state index is -0.833. The number of aliphatic hydroxyl groups excluding tert-OH is 3. The first-order chi connectivity index (χ1) is 34.3. The van der Waals surface area contributed by atoms with Gasteiger partial charge in [0, 0.05) is 75.0 Å². The molecular weight excluding hydrogens is 911 g/mol. The van der Waals surface area contributed by atoms with E-state index in [2.05, 4.69) is 32.3 Å². The largest absolute Gasteiger partial charge is 0.489 e. The van der Waals surface area contributed by atoms with Gasteiger partial charge in [-0.2, -0.15) is 0 Å². The van der Waals surface area contributed by atoms with Crippen LogP contribution in [0.2, 0.25) is 0 Å². The molecule has 3 aliphatic heterocycles. The van der Waals surface area contributed by atoms with Crippen molar-refractivity contribution in [2.75, 3.05) is 26.2 Å². The number of fused-ring (bicyclic) bond motifs is 7. The molecule has 14 nitrogen and oxygen atoms in total. The highest BCUT2D eigenvalue weighted by atomic mass is 16.5. The lowest BCUT2D eigenvalue weighted by Gasteiger charge is -2.42. The number of aliphatic hydroxyl groups is 3. The van der Waals surface area contributed by atoms with Gasteiger partial charge in [0.2, 0.25) is 11.8 Å². The van der Waals surface area contributed by atoms with Crippen LogP contribution < -0.4 is 25.7 Å². The molecule has 0 spiro atoms. The smallest absolute Gasteiger partial charge is 0.336 e. The normalized spacial score (nSPS) is 23.3. The van der Waals surface area contributed by atoms with Crippen LogP contribution >= 0.6 is 0 Å². The SMILES string of the molecule is CC(C)(C)NC(=O)[C@@H]1CN(Cc2cccnc2)CCN1C[C@@H](O)C[C@@H](Cc1ccccc1)C(=O)N[C@H]1c2ccccc2C[C@H]1O.CCCc1cc(=O)oc2c3c(c4c(c12)OC(C)(C)C=C4)O[C@H](C)[C@@H](C)[C@@H]3O. The van der Waals surface area contributed by atoms with E-state index in [1.165, 1.54) is 6.07 Å². The zero-order chi connectivity index (χ0) is 51.5. The molecule has 4 aliphatic rings. The van der Waals surface area contributed by atoms with Crippen LogP contribution in [0.3, 0.4) is 0 Å². The van der Waals surface area contributed by atoms with Crippen molar-refractivity contribution in [3.8, 4) is 11.5 Å². The summed E-state index contributed by atoms with van der Waals surface area (Å²) in [6, 6.07) is 22.2. The molecule has 0 saturated carbocycles. The van der Waals surface area contributed by atoms with E-state index in [9.17, 15) is 29.7 Å². The number of rotatable bonds is 13. The molecule has 384 valence electrons. The fraction of sp³-hybridized carbons (Fsp3) is 0.483. The Balaban J connectivity index is 0.000000218. The first-order valence-electron chi connectivity index (χ1n) is 25.6. The fourth-order valence-corrected chi connectivity index (χ4v) is 10.5. The Morgan fingerprint density at radius 3 is 2.43 bits per heavy atom. The highest BCUT2D eigenvalue weighted by Gasteiger charge is 2.41. The van der Waals surface area contributed by atoms with Crippen molar-refractivity contribution >= 4 is 28.9 Å². The van der Waals surface area contributed by atoms with Gasteiger partial charge in [0.1, 0.15) is 29.2 Å². The monoisotopic (exact) mass is 984 g/mol.